The highest BCUT2D eigenvalue weighted by Crippen LogP contribution is 2.35. The molecule has 5 nitrogen and oxygen atoms in total. The minimum Gasteiger partial charge on any atom is -0.503 e. The van der Waals surface area contributed by atoms with Gasteiger partial charge in [-0.15, -0.1) is 11.3 Å². The van der Waals surface area contributed by atoms with Crippen LogP contribution in [-0.2, 0) is 16.1 Å². The largest absolute Gasteiger partial charge is 0.503 e. The maximum absolute atomic E-state index is 13.9. The summed E-state index contributed by atoms with van der Waals surface area (Å²) in [5, 5.41) is 9.26. The van der Waals surface area contributed by atoms with E-state index in [0.717, 1.165) is 16.2 Å². The normalized spacial score (nSPS) is 15.2. The van der Waals surface area contributed by atoms with Crippen molar-refractivity contribution in [3.05, 3.63) is 34.6 Å². The Bertz CT molecular complexity index is 822. The second-order valence-corrected chi connectivity index (χ2v) is 6.36. The van der Waals surface area contributed by atoms with E-state index < -0.39 is 23.2 Å². The molecule has 24 heavy (non-hydrogen) atoms. The van der Waals surface area contributed by atoms with Gasteiger partial charge in [-0.25, -0.2) is 13.8 Å². The molecule has 0 unspecified atom stereocenters. The van der Waals surface area contributed by atoms with E-state index in [0.29, 0.717) is 17.4 Å². The Morgan fingerprint density at radius 3 is 2.50 bits per heavy atom. The number of likely N-dealkylation sites (tertiary alicyclic amines) is 1. The number of phenolic OH excluding ortho intramolecular Hbond substituents is 1. The van der Waals surface area contributed by atoms with Crippen molar-refractivity contribution in [2.24, 2.45) is 0 Å². The van der Waals surface area contributed by atoms with Crippen molar-refractivity contribution < 1.29 is 27.9 Å². The summed E-state index contributed by atoms with van der Waals surface area (Å²) in [4.78, 5) is 29.0. The Morgan fingerprint density at radius 1 is 1.17 bits per heavy atom. The highest BCUT2D eigenvalue weighted by molar-refractivity contribution is 7.15. The molecule has 126 valence electrons. The fourth-order valence-corrected chi connectivity index (χ4v) is 3.29. The highest BCUT2D eigenvalue weighted by atomic mass is 32.1. The fourth-order valence-electron chi connectivity index (χ4n) is 2.38. The number of aromatic hydroxyl groups is 1. The number of halogens is 3. The Labute approximate surface area is 138 Å². The highest BCUT2D eigenvalue weighted by Gasteiger charge is 2.27. The number of nitrogens with zero attached hydrogens (tertiary/aromatic N) is 2. The number of phenols is 1. The van der Waals surface area contributed by atoms with Crippen LogP contribution in [-0.4, -0.2) is 26.8 Å². The van der Waals surface area contributed by atoms with Gasteiger partial charge in [0.05, 0.1) is 12.1 Å². The Balaban J connectivity index is 1.89. The van der Waals surface area contributed by atoms with Gasteiger partial charge in [0.1, 0.15) is 5.01 Å². The van der Waals surface area contributed by atoms with Crippen molar-refractivity contribution in [2.45, 2.75) is 25.8 Å². The van der Waals surface area contributed by atoms with Crippen LogP contribution in [0.4, 0.5) is 13.2 Å². The molecule has 1 aliphatic heterocycles. The quantitative estimate of drug-likeness (QED) is 0.678. The van der Waals surface area contributed by atoms with Crippen molar-refractivity contribution in [1.29, 1.82) is 0 Å². The fraction of sp³-hybridized carbons (Fsp3) is 0.267. The zero-order chi connectivity index (χ0) is 17.4. The molecular weight excluding hydrogens is 345 g/mol. The van der Waals surface area contributed by atoms with E-state index in [9.17, 15) is 27.9 Å². The van der Waals surface area contributed by atoms with Gasteiger partial charge in [-0.2, -0.15) is 4.39 Å². The molecule has 1 fully saturated rings. The first-order valence-electron chi connectivity index (χ1n) is 7.03. The number of piperidine rings is 1. The van der Waals surface area contributed by atoms with Gasteiger partial charge in [-0.05, 0) is 12.5 Å². The zero-order valence-corrected chi connectivity index (χ0v) is 13.0. The molecule has 2 aromatic rings. The van der Waals surface area contributed by atoms with Gasteiger partial charge in [-0.1, -0.05) is 0 Å². The average molecular weight is 356 g/mol. The number of benzene rings is 1. The Hall–Kier alpha value is -2.42. The summed E-state index contributed by atoms with van der Waals surface area (Å²) in [6.45, 7) is -0.00733. The predicted octanol–water partition coefficient (Wildman–Crippen LogP) is 2.97. The van der Waals surface area contributed by atoms with Crippen LogP contribution in [0.1, 0.15) is 24.1 Å². The predicted molar refractivity (Wildman–Crippen MR) is 78.5 cm³/mol. The molecule has 1 aliphatic rings. The Morgan fingerprint density at radius 2 is 1.83 bits per heavy atom. The van der Waals surface area contributed by atoms with E-state index in [1.54, 1.807) is 0 Å². The summed E-state index contributed by atoms with van der Waals surface area (Å²) in [5.41, 5.74) is -0.390. The molecule has 0 radical (unpaired) electrons. The lowest BCUT2D eigenvalue weighted by Gasteiger charge is -2.23. The second-order valence-electron chi connectivity index (χ2n) is 5.24. The number of imide groups is 1. The standard InChI is InChI=1S/C15H11F3N2O3S/c16-9-4-8(12(17)14(23)13(9)18)15-19-5-7(24-15)6-20-10(21)2-1-3-11(20)22/h4-5,23H,1-3,6H2. The van der Waals surface area contributed by atoms with E-state index >= 15 is 0 Å². The topological polar surface area (TPSA) is 70.5 Å². The van der Waals surface area contributed by atoms with Crippen molar-refractivity contribution in [3.8, 4) is 16.3 Å². The van der Waals surface area contributed by atoms with E-state index in [4.69, 9.17) is 0 Å². The molecule has 0 saturated carbocycles. The van der Waals surface area contributed by atoms with Crippen LogP contribution in [0.2, 0.25) is 0 Å². The molecule has 0 spiro atoms. The van der Waals surface area contributed by atoms with Crippen LogP contribution in [0.25, 0.3) is 10.6 Å². The molecule has 0 atom stereocenters. The first-order valence-corrected chi connectivity index (χ1v) is 7.85. The smallest absolute Gasteiger partial charge is 0.229 e. The van der Waals surface area contributed by atoms with Gasteiger partial charge in [0.25, 0.3) is 0 Å². The SMILES string of the molecule is O=C1CCCC(=O)N1Cc1cnc(-c2cc(F)c(F)c(O)c2F)s1. The number of thiazole rings is 1. The van der Waals surface area contributed by atoms with E-state index in [2.05, 4.69) is 4.98 Å². The lowest BCUT2D eigenvalue weighted by atomic mass is 10.1. The monoisotopic (exact) mass is 356 g/mol. The first kappa shape index (κ1) is 16.4. The van der Waals surface area contributed by atoms with Gasteiger partial charge in [0, 0.05) is 23.9 Å². The van der Waals surface area contributed by atoms with Gasteiger partial charge in [0.15, 0.2) is 17.4 Å². The first-order chi connectivity index (χ1) is 11.4. The number of aromatic nitrogens is 1. The van der Waals surface area contributed by atoms with Gasteiger partial charge in [-0.3, -0.25) is 14.5 Å². The molecule has 0 aliphatic carbocycles. The molecule has 1 N–H and O–H groups in total. The molecule has 1 aromatic heterocycles. The van der Waals surface area contributed by atoms with E-state index in [-0.39, 0.29) is 41.8 Å². The maximum Gasteiger partial charge on any atom is 0.229 e. The molecule has 2 heterocycles. The van der Waals surface area contributed by atoms with Crippen LogP contribution in [0.15, 0.2) is 12.3 Å². The van der Waals surface area contributed by atoms with Crippen molar-refractivity contribution in [2.75, 3.05) is 0 Å². The molecule has 0 bridgehead atoms. The summed E-state index contributed by atoms with van der Waals surface area (Å²) in [6, 6.07) is 0.601. The van der Waals surface area contributed by atoms with Crippen LogP contribution in [0.3, 0.4) is 0 Å². The number of hydrogen-bond acceptors (Lipinski definition) is 5. The molecule has 1 saturated heterocycles. The third-order valence-corrected chi connectivity index (χ3v) is 4.63. The zero-order valence-electron chi connectivity index (χ0n) is 12.2. The number of carbonyl (C=O) groups is 2. The lowest BCUT2D eigenvalue weighted by molar-refractivity contribution is -0.148. The summed E-state index contributed by atoms with van der Waals surface area (Å²) in [7, 11) is 0. The van der Waals surface area contributed by atoms with Crippen LogP contribution < -0.4 is 0 Å². The molecule has 3 rings (SSSR count). The van der Waals surface area contributed by atoms with Gasteiger partial charge in [0.2, 0.25) is 17.6 Å². The van der Waals surface area contributed by atoms with Crippen molar-refractivity contribution in [1.82, 2.24) is 9.88 Å². The summed E-state index contributed by atoms with van der Waals surface area (Å²) in [5.74, 6) is -6.39. The molecule has 1 aromatic carbocycles. The van der Waals surface area contributed by atoms with Crippen LogP contribution in [0.5, 0.6) is 5.75 Å². The van der Waals surface area contributed by atoms with Crippen LogP contribution >= 0.6 is 11.3 Å². The molecule has 2 amide bonds. The summed E-state index contributed by atoms with van der Waals surface area (Å²) in [6.07, 6.45) is 2.40. The number of hydrogen-bond donors (Lipinski definition) is 1. The van der Waals surface area contributed by atoms with E-state index in [1.807, 2.05) is 0 Å². The van der Waals surface area contributed by atoms with Gasteiger partial charge < -0.3 is 5.11 Å². The number of rotatable bonds is 3. The lowest BCUT2D eigenvalue weighted by Crippen LogP contribution is -2.39. The van der Waals surface area contributed by atoms with Crippen LogP contribution in [0, 0.1) is 17.5 Å². The maximum atomic E-state index is 13.9. The number of amides is 2. The third-order valence-electron chi connectivity index (χ3n) is 3.61. The third kappa shape index (κ3) is 2.86. The summed E-state index contributed by atoms with van der Waals surface area (Å²) >= 11 is 0.924. The average Bonchev–Trinajstić information content (AvgIpc) is 3.01. The Kier molecular flexibility index (Phi) is 4.27. The van der Waals surface area contributed by atoms with Crippen molar-refractivity contribution >= 4 is 23.2 Å². The molecule has 9 heteroatoms. The molecular formula is C15H11F3N2O3S. The minimum atomic E-state index is -1.67. The summed E-state index contributed by atoms with van der Waals surface area (Å²) < 4.78 is 40.4. The second kappa shape index (κ2) is 6.23. The van der Waals surface area contributed by atoms with Crippen molar-refractivity contribution in [3.63, 3.8) is 0 Å². The number of carbonyl (C=O) groups excluding carboxylic acids is 2. The minimum absolute atomic E-state index is 0.00733. The van der Waals surface area contributed by atoms with Gasteiger partial charge >= 0.3 is 0 Å². The van der Waals surface area contributed by atoms with E-state index in [1.165, 1.54) is 6.20 Å².